The van der Waals surface area contributed by atoms with Crippen molar-refractivity contribution in [2.75, 3.05) is 5.32 Å². The third-order valence-electron chi connectivity index (χ3n) is 3.21. The predicted molar refractivity (Wildman–Crippen MR) is 85.0 cm³/mol. The summed E-state index contributed by atoms with van der Waals surface area (Å²) in [5.41, 5.74) is 3.52. The van der Waals surface area contributed by atoms with E-state index in [9.17, 15) is 4.79 Å². The van der Waals surface area contributed by atoms with Gasteiger partial charge in [-0.05, 0) is 32.0 Å². The van der Waals surface area contributed by atoms with Gasteiger partial charge in [0.05, 0.1) is 22.3 Å². The van der Waals surface area contributed by atoms with E-state index in [4.69, 9.17) is 11.6 Å². The topological polar surface area (TPSA) is 70.7 Å². The van der Waals surface area contributed by atoms with Crippen molar-refractivity contribution < 1.29 is 4.79 Å². The molecule has 2 N–H and O–H groups in total. The van der Waals surface area contributed by atoms with Crippen LogP contribution in [0.5, 0.6) is 0 Å². The van der Waals surface area contributed by atoms with Crippen molar-refractivity contribution in [3.63, 3.8) is 0 Å². The fourth-order valence-corrected chi connectivity index (χ4v) is 3.27. The van der Waals surface area contributed by atoms with Crippen LogP contribution in [0.2, 0.25) is 5.02 Å². The molecule has 0 aliphatic carbocycles. The Balaban J connectivity index is 1.77. The SMILES string of the molecule is Cc1n[nH]c(C)c1CC(=O)Nc1nc2ccc(Cl)cc2s1. The largest absolute Gasteiger partial charge is 0.302 e. The second kappa shape index (κ2) is 5.46. The number of aryl methyl sites for hydroxylation is 2. The monoisotopic (exact) mass is 320 g/mol. The molecule has 2 aromatic heterocycles. The zero-order chi connectivity index (χ0) is 15.0. The third-order valence-corrected chi connectivity index (χ3v) is 4.38. The normalized spacial score (nSPS) is 11.0. The van der Waals surface area contributed by atoms with Gasteiger partial charge < -0.3 is 5.32 Å². The van der Waals surface area contributed by atoms with Crippen molar-refractivity contribution in [1.29, 1.82) is 0 Å². The summed E-state index contributed by atoms with van der Waals surface area (Å²) in [5, 5.41) is 11.0. The van der Waals surface area contributed by atoms with Crippen LogP contribution in [0.1, 0.15) is 17.0 Å². The Morgan fingerprint density at radius 2 is 2.24 bits per heavy atom. The van der Waals surface area contributed by atoms with Crippen molar-refractivity contribution in [2.24, 2.45) is 0 Å². The maximum Gasteiger partial charge on any atom is 0.230 e. The minimum Gasteiger partial charge on any atom is -0.302 e. The van der Waals surface area contributed by atoms with E-state index in [1.165, 1.54) is 11.3 Å². The molecule has 108 valence electrons. The van der Waals surface area contributed by atoms with E-state index in [-0.39, 0.29) is 12.3 Å². The van der Waals surface area contributed by atoms with Crippen LogP contribution >= 0.6 is 22.9 Å². The minimum absolute atomic E-state index is 0.104. The average Bonchev–Trinajstić information content (AvgIpc) is 2.95. The zero-order valence-electron chi connectivity index (χ0n) is 11.5. The van der Waals surface area contributed by atoms with Crippen LogP contribution in [0.15, 0.2) is 18.2 Å². The van der Waals surface area contributed by atoms with Crippen LogP contribution in [0.25, 0.3) is 10.2 Å². The Bertz CT molecular complexity index is 804. The summed E-state index contributed by atoms with van der Waals surface area (Å²) in [7, 11) is 0. The number of thiazole rings is 1. The van der Waals surface area contributed by atoms with Crippen LogP contribution in [0, 0.1) is 13.8 Å². The molecule has 3 aromatic rings. The molecule has 0 aliphatic rings. The van der Waals surface area contributed by atoms with Gasteiger partial charge in [-0.2, -0.15) is 5.10 Å². The Kier molecular flexibility index (Phi) is 3.65. The lowest BCUT2D eigenvalue weighted by molar-refractivity contribution is -0.115. The number of hydrogen-bond acceptors (Lipinski definition) is 4. The van der Waals surface area contributed by atoms with Crippen molar-refractivity contribution in [3.8, 4) is 0 Å². The molecule has 21 heavy (non-hydrogen) atoms. The highest BCUT2D eigenvalue weighted by atomic mass is 35.5. The molecule has 0 unspecified atom stereocenters. The Labute approximate surface area is 130 Å². The third kappa shape index (κ3) is 2.91. The molecule has 2 heterocycles. The molecule has 0 fully saturated rings. The molecule has 0 saturated heterocycles. The summed E-state index contributed by atoms with van der Waals surface area (Å²) in [6.07, 6.45) is 0.283. The summed E-state index contributed by atoms with van der Waals surface area (Å²) >= 11 is 7.35. The summed E-state index contributed by atoms with van der Waals surface area (Å²) in [4.78, 5) is 16.5. The Hall–Kier alpha value is -1.92. The van der Waals surface area contributed by atoms with Crippen LogP contribution in [0.4, 0.5) is 5.13 Å². The first kappa shape index (κ1) is 14.0. The molecule has 0 aliphatic heterocycles. The Morgan fingerprint density at radius 1 is 1.43 bits per heavy atom. The minimum atomic E-state index is -0.104. The number of benzene rings is 1. The predicted octanol–water partition coefficient (Wildman–Crippen LogP) is 3.47. The van der Waals surface area contributed by atoms with Crippen molar-refractivity contribution in [1.82, 2.24) is 15.2 Å². The fourth-order valence-electron chi connectivity index (χ4n) is 2.11. The highest BCUT2D eigenvalue weighted by Crippen LogP contribution is 2.28. The number of nitrogens with zero attached hydrogens (tertiary/aromatic N) is 2. The van der Waals surface area contributed by atoms with Gasteiger partial charge in [0.15, 0.2) is 5.13 Å². The number of H-pyrrole nitrogens is 1. The molecule has 1 aromatic carbocycles. The lowest BCUT2D eigenvalue weighted by Crippen LogP contribution is -2.15. The molecule has 1 amide bonds. The van der Waals surface area contributed by atoms with Crippen LogP contribution in [0.3, 0.4) is 0 Å². The standard InChI is InChI=1S/C14H13ClN4OS/c1-7-10(8(2)19-18-7)6-13(20)17-14-16-11-4-3-9(15)5-12(11)21-14/h3-5H,6H2,1-2H3,(H,18,19)(H,16,17,20). The van der Waals surface area contributed by atoms with Crippen molar-refractivity contribution >= 4 is 44.2 Å². The van der Waals surface area contributed by atoms with E-state index < -0.39 is 0 Å². The first-order valence-electron chi connectivity index (χ1n) is 6.39. The number of aromatic amines is 1. The highest BCUT2D eigenvalue weighted by Gasteiger charge is 2.13. The van der Waals surface area contributed by atoms with Gasteiger partial charge >= 0.3 is 0 Å². The zero-order valence-corrected chi connectivity index (χ0v) is 13.1. The number of halogens is 1. The maximum atomic E-state index is 12.1. The Morgan fingerprint density at radius 3 is 2.95 bits per heavy atom. The van der Waals surface area contributed by atoms with Gasteiger partial charge in [0.2, 0.25) is 5.91 Å². The van der Waals surface area contributed by atoms with E-state index in [1.54, 1.807) is 6.07 Å². The van der Waals surface area contributed by atoms with E-state index >= 15 is 0 Å². The number of fused-ring (bicyclic) bond motifs is 1. The molecule has 0 spiro atoms. The number of rotatable bonds is 3. The molecule has 5 nitrogen and oxygen atoms in total. The van der Waals surface area contributed by atoms with E-state index in [2.05, 4.69) is 20.5 Å². The van der Waals surface area contributed by atoms with E-state index in [0.29, 0.717) is 10.2 Å². The fraction of sp³-hybridized carbons (Fsp3) is 0.214. The number of carbonyl (C=O) groups is 1. The van der Waals surface area contributed by atoms with Crippen LogP contribution < -0.4 is 5.32 Å². The maximum absolute atomic E-state index is 12.1. The molecular formula is C14H13ClN4OS. The van der Waals surface area contributed by atoms with E-state index in [0.717, 1.165) is 27.2 Å². The molecule has 3 rings (SSSR count). The summed E-state index contributed by atoms with van der Waals surface area (Å²) in [6.45, 7) is 3.79. The summed E-state index contributed by atoms with van der Waals surface area (Å²) in [5.74, 6) is -0.104. The van der Waals surface area contributed by atoms with Gasteiger partial charge in [-0.1, -0.05) is 22.9 Å². The van der Waals surface area contributed by atoms with Gasteiger partial charge in [0.1, 0.15) is 0 Å². The van der Waals surface area contributed by atoms with Crippen LogP contribution in [-0.4, -0.2) is 21.1 Å². The summed E-state index contributed by atoms with van der Waals surface area (Å²) in [6, 6.07) is 5.47. The molecule has 0 atom stereocenters. The molecular weight excluding hydrogens is 308 g/mol. The lowest BCUT2D eigenvalue weighted by Gasteiger charge is -2.01. The quantitative estimate of drug-likeness (QED) is 0.776. The smallest absolute Gasteiger partial charge is 0.230 e. The summed E-state index contributed by atoms with van der Waals surface area (Å²) < 4.78 is 0.952. The second-order valence-corrected chi connectivity index (χ2v) is 6.24. The molecule has 0 radical (unpaired) electrons. The highest BCUT2D eigenvalue weighted by molar-refractivity contribution is 7.22. The van der Waals surface area contributed by atoms with E-state index in [1.807, 2.05) is 26.0 Å². The molecule has 0 bridgehead atoms. The number of anilines is 1. The molecule has 7 heteroatoms. The van der Waals surface area contributed by atoms with Gasteiger partial charge in [-0.25, -0.2) is 4.98 Å². The number of nitrogens with one attached hydrogen (secondary N) is 2. The van der Waals surface area contributed by atoms with Crippen LogP contribution in [-0.2, 0) is 11.2 Å². The number of amides is 1. The number of carbonyl (C=O) groups excluding carboxylic acids is 1. The first-order chi connectivity index (χ1) is 10.0. The number of aromatic nitrogens is 3. The van der Waals surface area contributed by atoms with Crippen molar-refractivity contribution in [3.05, 3.63) is 40.2 Å². The second-order valence-electron chi connectivity index (χ2n) is 4.77. The first-order valence-corrected chi connectivity index (χ1v) is 7.59. The van der Waals surface area contributed by atoms with Gasteiger partial charge in [0, 0.05) is 16.3 Å². The average molecular weight is 321 g/mol. The van der Waals surface area contributed by atoms with Gasteiger partial charge in [-0.3, -0.25) is 9.89 Å². The van der Waals surface area contributed by atoms with Gasteiger partial charge in [0.25, 0.3) is 0 Å². The number of hydrogen-bond donors (Lipinski definition) is 2. The van der Waals surface area contributed by atoms with Gasteiger partial charge in [-0.15, -0.1) is 0 Å². The van der Waals surface area contributed by atoms with Crippen molar-refractivity contribution in [2.45, 2.75) is 20.3 Å². The lowest BCUT2D eigenvalue weighted by atomic mass is 10.1. The molecule has 0 saturated carbocycles.